The second kappa shape index (κ2) is 12.5. The first-order valence-electron chi connectivity index (χ1n) is 12.1. The van der Waals surface area contributed by atoms with Crippen molar-refractivity contribution in [2.45, 2.75) is 41.5 Å². The fourth-order valence-electron chi connectivity index (χ4n) is 3.45. The van der Waals surface area contributed by atoms with Crippen molar-refractivity contribution in [3.63, 3.8) is 0 Å². The average molecular weight is 687 g/mol. The first-order chi connectivity index (χ1) is 17.5. The summed E-state index contributed by atoms with van der Waals surface area (Å²) in [6, 6.07) is 0. The van der Waals surface area contributed by atoms with Gasteiger partial charge in [0, 0.05) is 0 Å². The standard InChI is InChI=1S/C21H30N12Se3/c1-7-31(8-2)13-22-16-28-17(23-13)35-19-25-15(33(11-5)12-6)27-21(30-19)36-20-26-14(32(9-3)10-4)24-18(29-20)34-16/h7-12H2,1-6H3. The zero-order chi connectivity index (χ0) is 25.7. The molecule has 4 rings (SSSR count). The van der Waals surface area contributed by atoms with Gasteiger partial charge in [-0.25, -0.2) is 0 Å². The van der Waals surface area contributed by atoms with Gasteiger partial charge in [0.05, 0.1) is 0 Å². The maximum atomic E-state index is 4.84. The molecule has 1 aliphatic rings. The van der Waals surface area contributed by atoms with Gasteiger partial charge in [-0.15, -0.1) is 0 Å². The monoisotopic (exact) mass is 690 g/mol. The molecule has 0 saturated heterocycles. The van der Waals surface area contributed by atoms with Gasteiger partial charge >= 0.3 is 231 Å². The number of anilines is 3. The Morgan fingerprint density at radius 2 is 0.556 bits per heavy atom. The van der Waals surface area contributed by atoms with E-state index in [0.29, 0.717) is 46.2 Å². The zero-order valence-corrected chi connectivity index (χ0v) is 26.5. The molecule has 36 heavy (non-hydrogen) atoms. The van der Waals surface area contributed by atoms with E-state index in [0.717, 1.165) is 39.3 Å². The van der Waals surface area contributed by atoms with Gasteiger partial charge in [-0.05, 0) is 0 Å². The molecule has 0 saturated carbocycles. The molecule has 0 radical (unpaired) electrons. The first kappa shape index (κ1) is 27.0. The molecule has 6 bridgehead atoms. The Kier molecular flexibility index (Phi) is 9.38. The van der Waals surface area contributed by atoms with Crippen LogP contribution in [0.25, 0.3) is 0 Å². The molecule has 0 unspecified atom stereocenters. The van der Waals surface area contributed by atoms with Crippen molar-refractivity contribution in [2.24, 2.45) is 0 Å². The van der Waals surface area contributed by atoms with Gasteiger partial charge in [0.2, 0.25) is 0 Å². The Labute approximate surface area is 230 Å². The van der Waals surface area contributed by atoms with E-state index in [-0.39, 0.29) is 44.9 Å². The second-order valence-corrected chi connectivity index (χ2v) is 13.3. The van der Waals surface area contributed by atoms with Crippen LogP contribution >= 0.6 is 0 Å². The van der Waals surface area contributed by atoms with Crippen LogP contribution in [0.15, 0.2) is 0 Å². The summed E-state index contributed by atoms with van der Waals surface area (Å²) in [6.07, 6.45) is 0. The summed E-state index contributed by atoms with van der Waals surface area (Å²) in [5, 5.41) is 0. The number of rotatable bonds is 9. The van der Waals surface area contributed by atoms with Crippen molar-refractivity contribution in [1.29, 1.82) is 0 Å². The van der Waals surface area contributed by atoms with Crippen molar-refractivity contribution in [1.82, 2.24) is 44.9 Å². The summed E-state index contributed by atoms with van der Waals surface area (Å²) in [5.41, 5.74) is 0. The molecule has 1 aliphatic heterocycles. The van der Waals surface area contributed by atoms with Crippen LogP contribution in [0.1, 0.15) is 41.5 Å². The van der Waals surface area contributed by atoms with Crippen LogP contribution < -0.4 is 43.0 Å². The van der Waals surface area contributed by atoms with Gasteiger partial charge < -0.3 is 0 Å². The van der Waals surface area contributed by atoms with E-state index in [4.69, 9.17) is 44.9 Å². The van der Waals surface area contributed by atoms with E-state index < -0.39 is 0 Å². The maximum absolute atomic E-state index is 4.84. The predicted octanol–water partition coefficient (Wildman–Crippen LogP) is -3.94. The molecule has 0 aromatic carbocycles. The fraction of sp³-hybridized carbons (Fsp3) is 0.571. The molecule has 0 atom stereocenters. The summed E-state index contributed by atoms with van der Waals surface area (Å²) in [4.78, 5) is 49.8. The fourth-order valence-corrected chi connectivity index (χ4v) is 8.62. The topological polar surface area (TPSA) is 126 Å². The van der Waals surface area contributed by atoms with Crippen LogP contribution in [0, 0.1) is 0 Å². The third-order valence-electron chi connectivity index (χ3n) is 5.43. The molecule has 12 nitrogen and oxygen atoms in total. The van der Waals surface area contributed by atoms with Crippen LogP contribution in [0.5, 0.6) is 0 Å². The minimum absolute atomic E-state index is 0.293. The van der Waals surface area contributed by atoms with Crippen molar-refractivity contribution in [3.8, 4) is 0 Å². The summed E-state index contributed by atoms with van der Waals surface area (Å²) in [7, 11) is 0. The summed E-state index contributed by atoms with van der Waals surface area (Å²) < 4.78 is 4.28. The number of nitrogens with zero attached hydrogens (tertiary/aromatic N) is 12. The number of hydrogen-bond acceptors (Lipinski definition) is 12. The average Bonchev–Trinajstić information content (AvgIpc) is 2.85. The van der Waals surface area contributed by atoms with E-state index in [1.165, 1.54) is 0 Å². The Morgan fingerprint density at radius 1 is 0.361 bits per heavy atom. The number of fused-ring (bicyclic) bond motifs is 6. The van der Waals surface area contributed by atoms with E-state index in [2.05, 4.69) is 56.2 Å². The zero-order valence-electron chi connectivity index (χ0n) is 21.3. The molecular weight excluding hydrogens is 657 g/mol. The van der Waals surface area contributed by atoms with E-state index in [1.54, 1.807) is 0 Å². The van der Waals surface area contributed by atoms with Gasteiger partial charge in [-0.2, -0.15) is 0 Å². The van der Waals surface area contributed by atoms with Crippen LogP contribution in [0.3, 0.4) is 0 Å². The normalized spacial score (nSPS) is 12.5. The minimum atomic E-state index is -0.293. The molecule has 0 spiro atoms. The number of hydrogen-bond donors (Lipinski definition) is 0. The molecule has 0 aliphatic carbocycles. The molecule has 192 valence electrons. The van der Waals surface area contributed by atoms with Crippen molar-refractivity contribution in [3.05, 3.63) is 0 Å². The molecule has 0 N–H and O–H groups in total. The molecule has 15 heteroatoms. The Balaban J connectivity index is 1.91. The van der Waals surface area contributed by atoms with Gasteiger partial charge in [-0.1, -0.05) is 0 Å². The van der Waals surface area contributed by atoms with E-state index in [9.17, 15) is 0 Å². The molecule has 0 amide bonds. The quantitative estimate of drug-likeness (QED) is 0.160. The van der Waals surface area contributed by atoms with Crippen molar-refractivity contribution < 1.29 is 0 Å². The molecule has 0 fully saturated rings. The van der Waals surface area contributed by atoms with Gasteiger partial charge in [0.1, 0.15) is 0 Å². The molecular formula is C21H30N12Se3. The third-order valence-corrected chi connectivity index (χ3v) is 10.0. The van der Waals surface area contributed by atoms with Crippen molar-refractivity contribution >= 4 is 91.1 Å². The van der Waals surface area contributed by atoms with E-state index >= 15 is 0 Å². The van der Waals surface area contributed by atoms with Gasteiger partial charge in [0.15, 0.2) is 0 Å². The van der Waals surface area contributed by atoms with E-state index in [1.807, 2.05) is 0 Å². The second-order valence-electron chi connectivity index (χ2n) is 7.42. The summed E-state index contributed by atoms with van der Waals surface area (Å²) >= 11 is -0.878. The predicted molar refractivity (Wildman–Crippen MR) is 145 cm³/mol. The molecule has 3 aromatic rings. The van der Waals surface area contributed by atoms with Gasteiger partial charge in [0.25, 0.3) is 0 Å². The Bertz CT molecular complexity index is 978. The first-order valence-corrected chi connectivity index (χ1v) is 17.2. The molecule has 4 heterocycles. The van der Waals surface area contributed by atoms with Crippen LogP contribution in [-0.2, 0) is 0 Å². The molecule has 3 aromatic heterocycles. The van der Waals surface area contributed by atoms with Crippen molar-refractivity contribution in [2.75, 3.05) is 54.0 Å². The summed E-state index contributed by atoms with van der Waals surface area (Å²) in [5.74, 6) is 2.05. The van der Waals surface area contributed by atoms with Crippen LogP contribution in [-0.4, -0.2) is 129 Å². The van der Waals surface area contributed by atoms with Crippen LogP contribution in [0.2, 0.25) is 0 Å². The van der Waals surface area contributed by atoms with Crippen LogP contribution in [0.4, 0.5) is 17.8 Å². The van der Waals surface area contributed by atoms with Gasteiger partial charge in [-0.3, -0.25) is 0 Å². The SMILES string of the molecule is CCN(CC)c1nc2nc(n1)[Se]c1nc(nc(N(CC)CC)n1)[Se]c1nc(nc(N(CC)CC)n1)[Se]2. The third kappa shape index (κ3) is 6.27. The Hall–Kier alpha value is -2.01. The summed E-state index contributed by atoms with van der Waals surface area (Å²) in [6.45, 7) is 17.5. The Morgan fingerprint density at radius 3 is 0.722 bits per heavy atom. The number of aromatic nitrogens is 9.